The number of nitrogens with two attached hydrogens (primary N) is 1. The zero-order chi connectivity index (χ0) is 15.9. The van der Waals surface area contributed by atoms with Crippen LogP contribution in [-0.2, 0) is 4.79 Å². The molecule has 3 N–H and O–H groups in total. The highest BCUT2D eigenvalue weighted by Crippen LogP contribution is 2.17. The van der Waals surface area contributed by atoms with Crippen LogP contribution in [0.1, 0.15) is 33.6 Å². The molecule has 0 unspecified atom stereocenters. The fourth-order valence-electron chi connectivity index (χ4n) is 2.00. The summed E-state index contributed by atoms with van der Waals surface area (Å²) in [5.41, 5.74) is 6.93. The molecule has 0 radical (unpaired) electrons. The molecule has 0 saturated carbocycles. The molecule has 1 amide bonds. The number of carbonyl (C=O) groups is 1. The Labute approximate surface area is 128 Å². The first kappa shape index (κ1) is 17.5. The zero-order valence-electron chi connectivity index (χ0n) is 13.7. The first-order valence-corrected chi connectivity index (χ1v) is 7.62. The van der Waals surface area contributed by atoms with Gasteiger partial charge in [-0.1, -0.05) is 39.0 Å². The van der Waals surface area contributed by atoms with Crippen molar-refractivity contribution in [1.29, 1.82) is 0 Å². The maximum absolute atomic E-state index is 11.9. The normalized spacial score (nSPS) is 12.8. The van der Waals surface area contributed by atoms with Gasteiger partial charge in [-0.3, -0.25) is 4.79 Å². The minimum absolute atomic E-state index is 0.0566. The van der Waals surface area contributed by atoms with E-state index < -0.39 is 6.04 Å². The third-order valence-corrected chi connectivity index (χ3v) is 3.63. The Morgan fingerprint density at radius 3 is 2.43 bits per heavy atom. The molecule has 0 bridgehead atoms. The lowest BCUT2D eigenvalue weighted by Crippen LogP contribution is -2.48. The number of nitrogens with zero attached hydrogens (tertiary/aromatic N) is 1. The van der Waals surface area contributed by atoms with E-state index in [2.05, 4.69) is 29.4 Å². The fraction of sp³-hybridized carbons (Fsp3) is 0.588. The summed E-state index contributed by atoms with van der Waals surface area (Å²) in [6.45, 7) is 7.60. The van der Waals surface area contributed by atoms with Gasteiger partial charge < -0.3 is 16.0 Å². The Morgan fingerprint density at radius 1 is 1.24 bits per heavy atom. The first-order valence-electron chi connectivity index (χ1n) is 7.62. The summed E-state index contributed by atoms with van der Waals surface area (Å²) in [6.07, 6.45) is 2.00. The lowest BCUT2D eigenvalue weighted by Gasteiger charge is -2.26. The summed E-state index contributed by atoms with van der Waals surface area (Å²) < 4.78 is 0. The number of amides is 1. The average Bonchev–Trinajstić information content (AvgIpc) is 2.45. The number of hydrogen-bond acceptors (Lipinski definition) is 3. The molecule has 0 saturated heterocycles. The molecule has 0 fully saturated rings. The van der Waals surface area contributed by atoms with E-state index in [4.69, 9.17) is 5.73 Å². The molecule has 0 spiro atoms. The number of para-hydroxylation sites is 1. The van der Waals surface area contributed by atoms with E-state index in [1.165, 1.54) is 5.69 Å². The van der Waals surface area contributed by atoms with Crippen molar-refractivity contribution in [1.82, 2.24) is 5.32 Å². The van der Waals surface area contributed by atoms with E-state index in [0.717, 1.165) is 19.4 Å². The molecule has 4 nitrogen and oxygen atoms in total. The van der Waals surface area contributed by atoms with Crippen molar-refractivity contribution in [3.05, 3.63) is 30.3 Å². The highest BCUT2D eigenvalue weighted by molar-refractivity contribution is 5.82. The number of benzene rings is 1. The van der Waals surface area contributed by atoms with Crippen LogP contribution in [0.15, 0.2) is 30.3 Å². The molecular weight excluding hydrogens is 262 g/mol. The molecule has 0 aromatic heterocycles. The average molecular weight is 291 g/mol. The van der Waals surface area contributed by atoms with Crippen LogP contribution in [-0.4, -0.2) is 32.1 Å². The van der Waals surface area contributed by atoms with Crippen LogP contribution in [0.5, 0.6) is 0 Å². The van der Waals surface area contributed by atoms with Gasteiger partial charge in [-0.2, -0.15) is 0 Å². The van der Waals surface area contributed by atoms with E-state index in [-0.39, 0.29) is 11.3 Å². The van der Waals surface area contributed by atoms with Crippen LogP contribution in [0.3, 0.4) is 0 Å². The van der Waals surface area contributed by atoms with E-state index in [1.807, 2.05) is 39.0 Å². The summed E-state index contributed by atoms with van der Waals surface area (Å²) in [6, 6.07) is 9.85. The van der Waals surface area contributed by atoms with Crippen LogP contribution >= 0.6 is 0 Å². The molecule has 118 valence electrons. The Balaban J connectivity index is 2.19. The Bertz CT molecular complexity index is 425. The predicted octanol–water partition coefficient (Wildman–Crippen LogP) is 2.39. The monoisotopic (exact) mass is 291 g/mol. The molecule has 0 aliphatic rings. The molecule has 4 heteroatoms. The lowest BCUT2D eigenvalue weighted by atomic mass is 9.87. The minimum Gasteiger partial charge on any atom is -0.375 e. The highest BCUT2D eigenvalue weighted by Gasteiger charge is 2.26. The zero-order valence-corrected chi connectivity index (χ0v) is 13.7. The second kappa shape index (κ2) is 8.03. The van der Waals surface area contributed by atoms with Gasteiger partial charge in [0.05, 0.1) is 6.04 Å². The summed E-state index contributed by atoms with van der Waals surface area (Å²) in [5, 5.41) is 2.92. The number of anilines is 1. The predicted molar refractivity (Wildman–Crippen MR) is 89.4 cm³/mol. The van der Waals surface area contributed by atoms with Crippen LogP contribution in [0.25, 0.3) is 0 Å². The second-order valence-electron chi connectivity index (χ2n) is 6.60. The summed E-state index contributed by atoms with van der Waals surface area (Å²) in [5.74, 6) is -0.0566. The molecule has 0 aliphatic heterocycles. The van der Waals surface area contributed by atoms with Gasteiger partial charge in [0.2, 0.25) is 5.91 Å². The van der Waals surface area contributed by atoms with Crippen molar-refractivity contribution in [2.24, 2.45) is 11.1 Å². The van der Waals surface area contributed by atoms with Crippen LogP contribution < -0.4 is 16.0 Å². The van der Waals surface area contributed by atoms with Gasteiger partial charge >= 0.3 is 0 Å². The molecule has 0 aliphatic carbocycles. The molecule has 1 aromatic rings. The number of nitrogens with one attached hydrogen (secondary N) is 1. The third kappa shape index (κ3) is 6.17. The minimum atomic E-state index is -0.454. The van der Waals surface area contributed by atoms with Crippen LogP contribution in [0.2, 0.25) is 0 Å². The quantitative estimate of drug-likeness (QED) is 0.758. The highest BCUT2D eigenvalue weighted by atomic mass is 16.2. The van der Waals surface area contributed by atoms with E-state index >= 15 is 0 Å². The van der Waals surface area contributed by atoms with Crippen molar-refractivity contribution in [3.8, 4) is 0 Å². The smallest absolute Gasteiger partial charge is 0.237 e. The van der Waals surface area contributed by atoms with Gasteiger partial charge in [-0.15, -0.1) is 0 Å². The van der Waals surface area contributed by atoms with Gasteiger partial charge in [0.25, 0.3) is 0 Å². The first-order chi connectivity index (χ1) is 9.82. The maximum Gasteiger partial charge on any atom is 0.237 e. The standard InChI is InChI=1S/C17H29N3O/c1-17(2,3)15(18)16(21)19-12-8-9-13-20(4)14-10-6-5-7-11-14/h5-7,10-11,15H,8-9,12-13,18H2,1-4H3,(H,19,21)/t15-/m1/s1. The van der Waals surface area contributed by atoms with Crippen molar-refractivity contribution in [2.45, 2.75) is 39.7 Å². The molecular formula is C17H29N3O. The number of carbonyl (C=O) groups excluding carboxylic acids is 1. The number of rotatable bonds is 7. The third-order valence-electron chi connectivity index (χ3n) is 3.63. The van der Waals surface area contributed by atoms with Gasteiger partial charge in [0.15, 0.2) is 0 Å². The number of unbranched alkanes of at least 4 members (excludes halogenated alkanes) is 1. The van der Waals surface area contributed by atoms with Crippen molar-refractivity contribution in [3.63, 3.8) is 0 Å². The Morgan fingerprint density at radius 2 is 1.86 bits per heavy atom. The maximum atomic E-state index is 11.9. The van der Waals surface area contributed by atoms with Crippen molar-refractivity contribution >= 4 is 11.6 Å². The van der Waals surface area contributed by atoms with Crippen molar-refractivity contribution < 1.29 is 4.79 Å². The Kier molecular flexibility index (Phi) is 6.69. The van der Waals surface area contributed by atoms with Gasteiger partial charge in [0.1, 0.15) is 0 Å². The van der Waals surface area contributed by atoms with E-state index in [0.29, 0.717) is 6.54 Å². The lowest BCUT2D eigenvalue weighted by molar-refractivity contribution is -0.124. The van der Waals surface area contributed by atoms with Crippen molar-refractivity contribution in [2.75, 3.05) is 25.0 Å². The molecule has 1 rings (SSSR count). The van der Waals surface area contributed by atoms with Gasteiger partial charge in [-0.25, -0.2) is 0 Å². The topological polar surface area (TPSA) is 58.4 Å². The van der Waals surface area contributed by atoms with Crippen LogP contribution in [0.4, 0.5) is 5.69 Å². The second-order valence-corrected chi connectivity index (χ2v) is 6.60. The van der Waals surface area contributed by atoms with E-state index in [1.54, 1.807) is 0 Å². The van der Waals surface area contributed by atoms with E-state index in [9.17, 15) is 4.79 Å². The Hall–Kier alpha value is -1.55. The SMILES string of the molecule is CN(CCCCNC(=O)[C@@H](N)C(C)(C)C)c1ccccc1. The fourth-order valence-corrected chi connectivity index (χ4v) is 2.00. The molecule has 0 heterocycles. The van der Waals surface area contributed by atoms with Crippen LogP contribution in [0, 0.1) is 5.41 Å². The summed E-state index contributed by atoms with van der Waals surface area (Å²) >= 11 is 0. The summed E-state index contributed by atoms with van der Waals surface area (Å²) in [7, 11) is 2.09. The molecule has 1 aromatic carbocycles. The molecule has 1 atom stereocenters. The molecule has 21 heavy (non-hydrogen) atoms. The van der Waals surface area contributed by atoms with Gasteiger partial charge in [0, 0.05) is 25.8 Å². The summed E-state index contributed by atoms with van der Waals surface area (Å²) in [4.78, 5) is 14.1. The number of hydrogen-bond donors (Lipinski definition) is 2. The largest absolute Gasteiger partial charge is 0.375 e. The van der Waals surface area contributed by atoms with Gasteiger partial charge in [-0.05, 0) is 30.4 Å².